The van der Waals surface area contributed by atoms with Crippen LogP contribution in [0.3, 0.4) is 0 Å². The predicted molar refractivity (Wildman–Crippen MR) is 334 cm³/mol. The van der Waals surface area contributed by atoms with Gasteiger partial charge in [0.25, 0.3) is 0 Å². The van der Waals surface area contributed by atoms with Crippen molar-refractivity contribution < 1.29 is 28.6 Å². The first-order chi connectivity index (χ1) is 38.0. The van der Waals surface area contributed by atoms with E-state index in [0.29, 0.717) is 19.3 Å². The first-order valence-electron chi connectivity index (χ1n) is 31.7. The Balaban J connectivity index is 4.21. The lowest BCUT2D eigenvalue weighted by molar-refractivity contribution is -0.167. The normalized spacial score (nSPS) is 13.0. The fourth-order valence-electron chi connectivity index (χ4n) is 8.48. The van der Waals surface area contributed by atoms with Crippen LogP contribution in [0.25, 0.3) is 0 Å². The van der Waals surface area contributed by atoms with E-state index in [4.69, 9.17) is 14.2 Å². The summed E-state index contributed by atoms with van der Waals surface area (Å²) in [5, 5.41) is 0. The van der Waals surface area contributed by atoms with E-state index in [1.165, 1.54) is 116 Å². The lowest BCUT2D eigenvalue weighted by atomic mass is 10.0. The van der Waals surface area contributed by atoms with Gasteiger partial charge in [-0.1, -0.05) is 283 Å². The predicted octanol–water partition coefficient (Wildman–Crippen LogP) is 21.8. The SMILES string of the molecule is CC/C=C\C/C=C\C/C=C\C/C=C\C/C=C\C/C=C\C/C=C\CCCC(=O)OC(COC(=O)CCCCCCCCC)COC(=O)CCCCCCCCCCCCCCCCCC/C=C\C/C=C\C/C=C\C/C=C\CC. The molecule has 0 aromatic carbocycles. The lowest BCUT2D eigenvalue weighted by Gasteiger charge is -2.18. The molecule has 0 N–H and O–H groups in total. The molecule has 0 bridgehead atoms. The highest BCUT2D eigenvalue weighted by molar-refractivity contribution is 5.71. The molecule has 0 spiro atoms. The highest BCUT2D eigenvalue weighted by Gasteiger charge is 2.19. The molecule has 0 fully saturated rings. The molecular formula is C71H116O6. The van der Waals surface area contributed by atoms with Crippen molar-refractivity contribution in [2.24, 2.45) is 0 Å². The highest BCUT2D eigenvalue weighted by atomic mass is 16.6. The fraction of sp³-hybridized carbons (Fsp3) is 0.648. The number of ether oxygens (including phenoxy) is 3. The number of esters is 3. The molecular weight excluding hydrogens is 949 g/mol. The topological polar surface area (TPSA) is 78.9 Å². The third kappa shape index (κ3) is 62.3. The molecule has 0 aromatic rings. The molecule has 0 heterocycles. The van der Waals surface area contributed by atoms with E-state index in [2.05, 4.69) is 154 Å². The summed E-state index contributed by atoms with van der Waals surface area (Å²) in [4.78, 5) is 38.0. The van der Waals surface area contributed by atoms with Crippen molar-refractivity contribution in [2.45, 2.75) is 284 Å². The van der Waals surface area contributed by atoms with Crippen molar-refractivity contribution >= 4 is 17.9 Å². The Kier molecular flexibility index (Phi) is 60.4. The number of carbonyl (C=O) groups excluding carboxylic acids is 3. The van der Waals surface area contributed by atoms with Crippen LogP contribution >= 0.6 is 0 Å². The van der Waals surface area contributed by atoms with E-state index in [9.17, 15) is 14.4 Å². The molecule has 0 amide bonds. The van der Waals surface area contributed by atoms with Crippen LogP contribution in [0.1, 0.15) is 278 Å². The van der Waals surface area contributed by atoms with E-state index in [0.717, 1.165) is 116 Å². The molecule has 0 radical (unpaired) electrons. The van der Waals surface area contributed by atoms with Crippen LogP contribution in [0.4, 0.5) is 0 Å². The van der Waals surface area contributed by atoms with E-state index >= 15 is 0 Å². The van der Waals surface area contributed by atoms with Gasteiger partial charge >= 0.3 is 17.9 Å². The molecule has 0 saturated carbocycles. The van der Waals surface area contributed by atoms with Crippen LogP contribution in [-0.4, -0.2) is 37.2 Å². The first-order valence-corrected chi connectivity index (χ1v) is 31.7. The van der Waals surface area contributed by atoms with Crippen molar-refractivity contribution in [3.05, 3.63) is 134 Å². The maximum atomic E-state index is 12.8. The largest absolute Gasteiger partial charge is 0.462 e. The van der Waals surface area contributed by atoms with Crippen LogP contribution < -0.4 is 0 Å². The van der Waals surface area contributed by atoms with Crippen LogP contribution in [-0.2, 0) is 28.6 Å². The Hall–Kier alpha value is -4.45. The molecule has 6 nitrogen and oxygen atoms in total. The van der Waals surface area contributed by atoms with Gasteiger partial charge in [-0.05, 0) is 109 Å². The maximum absolute atomic E-state index is 12.8. The number of allylic oxidation sites excluding steroid dienone is 22. The summed E-state index contributed by atoms with van der Waals surface area (Å²) in [5.74, 6) is -0.968. The molecule has 6 heteroatoms. The van der Waals surface area contributed by atoms with Gasteiger partial charge in [0.15, 0.2) is 6.10 Å². The summed E-state index contributed by atoms with van der Waals surface area (Å²) >= 11 is 0. The smallest absolute Gasteiger partial charge is 0.306 e. The molecule has 77 heavy (non-hydrogen) atoms. The van der Waals surface area contributed by atoms with Crippen molar-refractivity contribution in [1.29, 1.82) is 0 Å². The Morgan fingerprint density at radius 2 is 0.519 bits per heavy atom. The third-order valence-electron chi connectivity index (χ3n) is 13.2. The summed E-state index contributed by atoms with van der Waals surface area (Å²) in [5.41, 5.74) is 0. The second kappa shape index (κ2) is 64.1. The minimum absolute atomic E-state index is 0.102. The zero-order valence-electron chi connectivity index (χ0n) is 49.9. The quantitative estimate of drug-likeness (QED) is 0.0261. The van der Waals surface area contributed by atoms with Gasteiger partial charge in [-0.2, -0.15) is 0 Å². The van der Waals surface area contributed by atoms with Crippen molar-refractivity contribution in [3.63, 3.8) is 0 Å². The van der Waals surface area contributed by atoms with Gasteiger partial charge in [-0.25, -0.2) is 0 Å². The molecule has 0 aliphatic heterocycles. The van der Waals surface area contributed by atoms with Crippen LogP contribution in [0.2, 0.25) is 0 Å². The number of unbranched alkanes of at least 4 members (excludes halogenated alkanes) is 23. The number of rotatable bonds is 56. The zero-order chi connectivity index (χ0) is 55.7. The summed E-state index contributed by atoms with van der Waals surface area (Å²) in [6, 6.07) is 0. The zero-order valence-corrected chi connectivity index (χ0v) is 49.9. The minimum Gasteiger partial charge on any atom is -0.462 e. The van der Waals surface area contributed by atoms with E-state index < -0.39 is 6.10 Å². The monoisotopic (exact) mass is 1060 g/mol. The molecule has 0 aromatic heterocycles. The number of carbonyl (C=O) groups is 3. The average molecular weight is 1070 g/mol. The Morgan fingerprint density at radius 3 is 0.831 bits per heavy atom. The highest BCUT2D eigenvalue weighted by Crippen LogP contribution is 2.16. The molecule has 0 saturated heterocycles. The van der Waals surface area contributed by atoms with Crippen LogP contribution in [0, 0.1) is 0 Å². The Labute approximate surface area is 475 Å². The summed E-state index contributed by atoms with van der Waals surface area (Å²) in [7, 11) is 0. The van der Waals surface area contributed by atoms with Gasteiger partial charge in [0.2, 0.25) is 0 Å². The van der Waals surface area contributed by atoms with E-state index in [-0.39, 0.29) is 37.5 Å². The second-order valence-corrected chi connectivity index (χ2v) is 20.6. The molecule has 436 valence electrons. The van der Waals surface area contributed by atoms with E-state index in [1.807, 2.05) is 0 Å². The molecule has 0 aliphatic rings. The Morgan fingerprint density at radius 1 is 0.273 bits per heavy atom. The van der Waals surface area contributed by atoms with Gasteiger partial charge in [0.1, 0.15) is 13.2 Å². The molecule has 1 unspecified atom stereocenters. The van der Waals surface area contributed by atoms with Gasteiger partial charge < -0.3 is 14.2 Å². The van der Waals surface area contributed by atoms with Gasteiger partial charge in [-0.3, -0.25) is 14.4 Å². The Bertz CT molecular complexity index is 1650. The van der Waals surface area contributed by atoms with Gasteiger partial charge in [0, 0.05) is 19.3 Å². The summed E-state index contributed by atoms with van der Waals surface area (Å²) in [6.07, 6.45) is 90.7. The molecule has 1 atom stereocenters. The average Bonchev–Trinajstić information content (AvgIpc) is 3.43. The number of hydrogen-bond donors (Lipinski definition) is 0. The van der Waals surface area contributed by atoms with Crippen molar-refractivity contribution in [3.8, 4) is 0 Å². The minimum atomic E-state index is -0.809. The van der Waals surface area contributed by atoms with Crippen molar-refractivity contribution in [2.75, 3.05) is 13.2 Å². The standard InChI is InChI=1S/C71H116O6/c1-4-7-10-13-16-18-20-22-24-26-28-30-32-33-34-35-36-37-39-40-42-44-46-48-50-52-55-58-61-64-70(73)76-67-68(66-75-69(72)63-60-57-54-15-12-9-6-3)77-71(74)65-62-59-56-53-51-49-47-45-43-41-38-31-29-27-25-23-21-19-17-14-11-8-5-2/h7-8,10-11,16-19,22-25,28-31,41,43,47,49,53,56,68H,4-6,9,12-15,20-21,26-27,32-40,42,44-46,48,50-52,54-55,57-67H2,1-3H3/b10-7-,11-8-,18-16-,19-17-,24-22-,25-23-,30-28-,31-29-,43-41-,49-47-,56-53-. The lowest BCUT2D eigenvalue weighted by Crippen LogP contribution is -2.30. The third-order valence-corrected chi connectivity index (χ3v) is 13.2. The molecule has 0 aliphatic carbocycles. The van der Waals surface area contributed by atoms with Crippen LogP contribution in [0.15, 0.2) is 134 Å². The second-order valence-electron chi connectivity index (χ2n) is 20.6. The molecule has 0 rings (SSSR count). The van der Waals surface area contributed by atoms with E-state index in [1.54, 1.807) is 0 Å². The summed E-state index contributed by atoms with van der Waals surface area (Å²) in [6.45, 7) is 6.33. The van der Waals surface area contributed by atoms with Gasteiger partial charge in [0.05, 0.1) is 0 Å². The van der Waals surface area contributed by atoms with Crippen molar-refractivity contribution in [1.82, 2.24) is 0 Å². The van der Waals surface area contributed by atoms with Crippen LogP contribution in [0.5, 0.6) is 0 Å². The number of hydrogen-bond acceptors (Lipinski definition) is 6. The maximum Gasteiger partial charge on any atom is 0.306 e. The van der Waals surface area contributed by atoms with Gasteiger partial charge in [-0.15, -0.1) is 0 Å². The fourth-order valence-corrected chi connectivity index (χ4v) is 8.48. The first kappa shape index (κ1) is 72.5. The summed E-state index contributed by atoms with van der Waals surface area (Å²) < 4.78 is 16.8.